The van der Waals surface area contributed by atoms with E-state index in [1.807, 2.05) is 0 Å². The molecule has 3 heterocycles. The molecule has 1 saturated heterocycles. The number of alkyl halides is 1. The average molecular weight is 392 g/mol. The topological polar surface area (TPSA) is 30.9 Å². The molecule has 1 spiro atoms. The first-order valence-electron chi connectivity index (χ1n) is 8.82. The lowest BCUT2D eigenvalue weighted by atomic mass is 9.73. The monoisotopic (exact) mass is 391 g/mol. The molecule has 128 valence electrons. The Bertz CT molecular complexity index is 732. The van der Waals surface area contributed by atoms with Crippen molar-refractivity contribution in [3.8, 4) is 17.2 Å². The highest BCUT2D eigenvalue weighted by Crippen LogP contribution is 2.57. The smallest absolute Gasteiger partial charge is 0.231 e. The van der Waals surface area contributed by atoms with Gasteiger partial charge < -0.3 is 14.2 Å². The molecule has 0 saturated carbocycles. The van der Waals surface area contributed by atoms with Gasteiger partial charge in [0.05, 0.1) is 12.6 Å². The Morgan fingerprint density at radius 3 is 3.08 bits per heavy atom. The van der Waals surface area contributed by atoms with Gasteiger partial charge in [-0.1, -0.05) is 22.0 Å². The van der Waals surface area contributed by atoms with Crippen LogP contribution >= 0.6 is 15.9 Å². The Morgan fingerprint density at radius 1 is 1.29 bits per heavy atom. The van der Waals surface area contributed by atoms with Crippen molar-refractivity contribution in [2.45, 2.75) is 42.5 Å². The molecule has 0 aromatic heterocycles. The van der Waals surface area contributed by atoms with E-state index in [0.717, 1.165) is 56.0 Å². The minimum Gasteiger partial charge on any atom is -0.492 e. The summed E-state index contributed by atoms with van der Waals surface area (Å²) in [4.78, 5) is 3.21. The number of hydrogen-bond donors (Lipinski definition) is 0. The van der Waals surface area contributed by atoms with Crippen LogP contribution in [0.15, 0.2) is 17.7 Å². The van der Waals surface area contributed by atoms with Crippen LogP contribution in [0, 0.1) is 0 Å². The quantitative estimate of drug-likeness (QED) is 0.538. The molecular weight excluding hydrogens is 370 g/mol. The van der Waals surface area contributed by atoms with Gasteiger partial charge >= 0.3 is 0 Å². The Labute approximate surface area is 150 Å². The molecule has 0 amide bonds. The van der Waals surface area contributed by atoms with Crippen molar-refractivity contribution in [2.75, 3.05) is 27.0 Å². The predicted octanol–water partition coefficient (Wildman–Crippen LogP) is 3.75. The molecule has 0 radical (unpaired) electrons. The molecule has 4 nitrogen and oxygen atoms in total. The van der Waals surface area contributed by atoms with E-state index in [1.165, 1.54) is 17.5 Å². The zero-order valence-electron chi connectivity index (χ0n) is 13.9. The fraction of sp³-hybridized carbons (Fsp3) is 0.579. The maximum absolute atomic E-state index is 5.81. The highest BCUT2D eigenvalue weighted by atomic mass is 79.9. The van der Waals surface area contributed by atoms with Gasteiger partial charge in [0.25, 0.3) is 0 Å². The number of allylic oxidation sites excluding steroid dienone is 1. The van der Waals surface area contributed by atoms with E-state index in [-0.39, 0.29) is 12.3 Å². The number of benzene rings is 1. The van der Waals surface area contributed by atoms with Crippen LogP contribution in [0.5, 0.6) is 17.2 Å². The van der Waals surface area contributed by atoms with E-state index >= 15 is 0 Å². The third-order valence-electron chi connectivity index (χ3n) is 6.09. The molecule has 5 rings (SSSR count). The van der Waals surface area contributed by atoms with Crippen molar-refractivity contribution >= 4 is 15.9 Å². The van der Waals surface area contributed by atoms with Gasteiger partial charge in [0.15, 0.2) is 11.5 Å². The van der Waals surface area contributed by atoms with Crippen LogP contribution in [0.2, 0.25) is 0 Å². The molecule has 1 aliphatic carbocycles. The van der Waals surface area contributed by atoms with Gasteiger partial charge in [0.1, 0.15) is 0 Å². The second-order valence-corrected chi connectivity index (χ2v) is 8.43. The van der Waals surface area contributed by atoms with Gasteiger partial charge in [-0.3, -0.25) is 4.90 Å². The fourth-order valence-electron chi connectivity index (χ4n) is 5.15. The number of ether oxygens (including phenoxy) is 3. The van der Waals surface area contributed by atoms with Crippen LogP contribution < -0.4 is 14.2 Å². The average Bonchev–Trinajstić information content (AvgIpc) is 3.15. The van der Waals surface area contributed by atoms with Gasteiger partial charge in [-0.2, -0.15) is 0 Å². The number of rotatable bonds is 1. The van der Waals surface area contributed by atoms with Crippen molar-refractivity contribution in [2.24, 2.45) is 0 Å². The summed E-state index contributed by atoms with van der Waals surface area (Å²) in [6, 6.07) is 2.24. The van der Waals surface area contributed by atoms with E-state index in [9.17, 15) is 0 Å². The highest BCUT2D eigenvalue weighted by molar-refractivity contribution is 9.09. The molecule has 24 heavy (non-hydrogen) atoms. The van der Waals surface area contributed by atoms with Crippen molar-refractivity contribution in [1.29, 1.82) is 0 Å². The van der Waals surface area contributed by atoms with Crippen molar-refractivity contribution in [1.82, 2.24) is 4.90 Å². The molecule has 3 aliphatic heterocycles. The molecule has 1 aromatic rings. The lowest BCUT2D eigenvalue weighted by molar-refractivity contribution is 0.151. The Hall–Kier alpha value is -1.20. The molecule has 0 N–H and O–H groups in total. The number of fused-ring (bicyclic) bond motifs is 2. The maximum atomic E-state index is 5.81. The summed E-state index contributed by atoms with van der Waals surface area (Å²) in [5, 5.41) is 0. The Balaban J connectivity index is 1.80. The highest BCUT2D eigenvalue weighted by Gasteiger charge is 2.51. The number of hydrogen-bond acceptors (Lipinski definition) is 4. The second-order valence-electron chi connectivity index (χ2n) is 7.14. The minimum absolute atomic E-state index is 0.00646. The largest absolute Gasteiger partial charge is 0.492 e. The van der Waals surface area contributed by atoms with Crippen LogP contribution in [-0.2, 0) is 12.0 Å². The van der Waals surface area contributed by atoms with Crippen LogP contribution in [0.4, 0.5) is 0 Å². The Kier molecular flexibility index (Phi) is 3.39. The predicted molar refractivity (Wildman–Crippen MR) is 95.3 cm³/mol. The van der Waals surface area contributed by atoms with Gasteiger partial charge in [-0.15, -0.1) is 0 Å². The lowest BCUT2D eigenvalue weighted by Gasteiger charge is -2.43. The molecule has 0 bridgehead atoms. The van der Waals surface area contributed by atoms with Gasteiger partial charge in [0, 0.05) is 16.9 Å². The summed E-state index contributed by atoms with van der Waals surface area (Å²) in [7, 11) is 1.75. The first-order chi connectivity index (χ1) is 11.7. The summed E-state index contributed by atoms with van der Waals surface area (Å²) >= 11 is 3.90. The number of nitrogens with zero attached hydrogens (tertiary/aromatic N) is 1. The summed E-state index contributed by atoms with van der Waals surface area (Å²) in [6.07, 6.45) is 8.08. The normalized spacial score (nSPS) is 30.9. The number of methoxy groups -OCH3 is 1. The van der Waals surface area contributed by atoms with Crippen LogP contribution in [0.1, 0.15) is 36.8 Å². The lowest BCUT2D eigenvalue weighted by Crippen LogP contribution is -2.45. The zero-order valence-corrected chi connectivity index (χ0v) is 15.5. The molecule has 4 aliphatic rings. The molecular formula is C19H22BrNO3. The molecule has 1 aromatic carbocycles. The van der Waals surface area contributed by atoms with E-state index in [2.05, 4.69) is 33.0 Å². The van der Waals surface area contributed by atoms with E-state index < -0.39 is 0 Å². The first kappa shape index (κ1) is 15.1. The zero-order chi connectivity index (χ0) is 16.3. The summed E-state index contributed by atoms with van der Waals surface area (Å²) < 4.78 is 17.3. The van der Waals surface area contributed by atoms with Gasteiger partial charge in [-0.25, -0.2) is 0 Å². The minimum atomic E-state index is 0.00646. The van der Waals surface area contributed by atoms with Crippen molar-refractivity contribution < 1.29 is 14.2 Å². The first-order valence-corrected chi connectivity index (χ1v) is 9.74. The SMILES string of the molecule is COc1c2c(cc3c1OCO3)[C@]13CC(Br)CC=C1CCN3CCC2. The Morgan fingerprint density at radius 2 is 2.21 bits per heavy atom. The van der Waals surface area contributed by atoms with Crippen LogP contribution in [0.25, 0.3) is 0 Å². The third kappa shape index (κ3) is 1.88. The molecule has 5 heteroatoms. The van der Waals surface area contributed by atoms with E-state index in [1.54, 1.807) is 12.7 Å². The third-order valence-corrected chi connectivity index (χ3v) is 6.78. The summed E-state index contributed by atoms with van der Waals surface area (Å²) in [6.45, 7) is 2.58. The summed E-state index contributed by atoms with van der Waals surface area (Å²) in [5.41, 5.74) is 4.29. The van der Waals surface area contributed by atoms with Gasteiger partial charge in [-0.05, 0) is 55.9 Å². The van der Waals surface area contributed by atoms with Crippen LogP contribution in [0.3, 0.4) is 0 Å². The fourth-order valence-corrected chi connectivity index (χ4v) is 5.80. The van der Waals surface area contributed by atoms with E-state index in [4.69, 9.17) is 14.2 Å². The van der Waals surface area contributed by atoms with Gasteiger partial charge in [0.2, 0.25) is 12.5 Å². The molecule has 1 unspecified atom stereocenters. The maximum Gasteiger partial charge on any atom is 0.231 e. The second kappa shape index (κ2) is 5.40. The van der Waals surface area contributed by atoms with Crippen LogP contribution in [-0.4, -0.2) is 36.7 Å². The van der Waals surface area contributed by atoms with Crippen molar-refractivity contribution in [3.05, 3.63) is 28.8 Å². The van der Waals surface area contributed by atoms with Crippen molar-refractivity contribution in [3.63, 3.8) is 0 Å². The number of halogens is 1. The standard InChI is InChI=1S/C19H22BrNO3/c1-22-17-14-3-2-7-21-8-6-12-4-5-13(20)10-19(12,21)15(14)9-16-18(17)24-11-23-16/h4,9,13H,2-3,5-8,10-11H2,1H3/t13?,19-/m0/s1. The summed E-state index contributed by atoms with van der Waals surface area (Å²) in [5.74, 6) is 2.51. The van der Waals surface area contributed by atoms with E-state index in [0.29, 0.717) is 4.83 Å². The molecule has 1 fully saturated rings. The molecule has 2 atom stereocenters.